The molecule has 0 saturated carbocycles. The summed E-state index contributed by atoms with van der Waals surface area (Å²) in [6, 6.07) is 19.9. The number of aromatic nitrogens is 24. The number of amides is 2. The molecule has 0 radical (unpaired) electrons. The van der Waals surface area contributed by atoms with Gasteiger partial charge in [-0.3, -0.25) is 33.6 Å². The highest BCUT2D eigenvalue weighted by atomic mass is 16.5. The molecule has 12 heterocycles. The van der Waals surface area contributed by atoms with Crippen molar-refractivity contribution in [3.63, 3.8) is 0 Å². The maximum absolute atomic E-state index is 13.0. The van der Waals surface area contributed by atoms with Crippen molar-refractivity contribution in [3.8, 4) is 67.9 Å². The number of carbonyl (C=O) groups excluding carboxylic acids is 3. The Labute approximate surface area is 599 Å². The molecule has 34 nitrogen and oxygen atoms in total. The standard InChI is InChI=1S/2C23H27N9O2.C15H19N3O2.C9H12N6O/c2*1-14-10-24-19(9-17(14)16-11-25-31(12-16)23(3,4)5)22(34)27-20-8-6-7-18(26-20)21-28-29-30-32(21)15(2)13-33;1-10-7-16-13(14(19)20-5)6-12(10)11-8-17-18(9-11)15(2,3)4;1-6(5-16)15-9(12-13-14-15)7-3-2-4-8(10)11-7/h2*6-12,15,33H,13H2,1-5H3,(H,26,27,34);6-9H,1-5H3;2-4,6,16H,5H2,1H3,(H2,10,11)/t2*15-;;6-/m11.1/s1. The number of aryl methyl sites for hydroxylation is 3. The van der Waals surface area contributed by atoms with Crippen LogP contribution < -0.4 is 16.4 Å². The van der Waals surface area contributed by atoms with Crippen molar-refractivity contribution in [2.24, 2.45) is 0 Å². The Hall–Kier alpha value is -12.2. The first-order valence-electron chi connectivity index (χ1n) is 33.0. The van der Waals surface area contributed by atoms with E-state index in [1.54, 1.807) is 124 Å². The zero-order chi connectivity index (χ0) is 75.4. The van der Waals surface area contributed by atoms with Gasteiger partial charge in [-0.25, -0.2) is 38.8 Å². The topological polar surface area (TPSA) is 433 Å². The van der Waals surface area contributed by atoms with Gasteiger partial charge in [-0.2, -0.15) is 15.3 Å². The van der Waals surface area contributed by atoms with E-state index in [0.717, 1.165) is 50.1 Å². The fourth-order valence-corrected chi connectivity index (χ4v) is 9.86. The molecule has 12 rings (SSSR count). The average Bonchev–Trinajstić information content (AvgIpc) is 1.26. The molecular weight excluding hydrogens is 1330 g/mol. The van der Waals surface area contributed by atoms with Gasteiger partial charge in [0.2, 0.25) is 17.5 Å². The average molecular weight is 1420 g/mol. The van der Waals surface area contributed by atoms with E-state index < -0.39 is 17.8 Å². The Morgan fingerprint density at radius 2 is 0.788 bits per heavy atom. The molecule has 2 amide bonds. The van der Waals surface area contributed by atoms with Crippen LogP contribution in [0.3, 0.4) is 0 Å². The number of nitrogens with two attached hydrogens (primary N) is 1. The predicted molar refractivity (Wildman–Crippen MR) is 386 cm³/mol. The van der Waals surface area contributed by atoms with E-state index in [2.05, 4.69) is 165 Å². The molecule has 0 saturated heterocycles. The van der Waals surface area contributed by atoms with Crippen molar-refractivity contribution >= 4 is 35.2 Å². The number of nitrogens with zero attached hydrogens (tertiary/aromatic N) is 24. The van der Waals surface area contributed by atoms with Gasteiger partial charge in [-0.05, 0) is 223 Å². The third kappa shape index (κ3) is 18.5. The Morgan fingerprint density at radius 1 is 0.471 bits per heavy atom. The van der Waals surface area contributed by atoms with E-state index >= 15 is 0 Å². The summed E-state index contributed by atoms with van der Waals surface area (Å²) >= 11 is 0. The van der Waals surface area contributed by atoms with Crippen LogP contribution in [0.15, 0.2) is 129 Å². The second-order valence-corrected chi connectivity index (χ2v) is 27.3. The van der Waals surface area contributed by atoms with Crippen LogP contribution in [0.5, 0.6) is 0 Å². The van der Waals surface area contributed by atoms with Gasteiger partial charge >= 0.3 is 5.97 Å². The number of methoxy groups -OCH3 is 1. The minimum absolute atomic E-state index is 0.0413. The number of nitrogens with one attached hydrogen (secondary N) is 2. The number of aliphatic hydroxyl groups excluding tert-OH is 3. The Morgan fingerprint density at radius 3 is 1.10 bits per heavy atom. The number of esters is 1. The number of rotatable bonds is 17. The van der Waals surface area contributed by atoms with Crippen LogP contribution in [0.25, 0.3) is 67.9 Å². The van der Waals surface area contributed by atoms with Crippen LogP contribution in [-0.2, 0) is 21.4 Å². The smallest absolute Gasteiger partial charge is 0.356 e. The molecule has 0 fully saturated rings. The second kappa shape index (κ2) is 32.6. The lowest BCUT2D eigenvalue weighted by molar-refractivity contribution is 0.0593. The molecule has 0 unspecified atom stereocenters. The number of hydrogen-bond donors (Lipinski definition) is 6. The lowest BCUT2D eigenvalue weighted by atomic mass is 10.0. The predicted octanol–water partition coefficient (Wildman–Crippen LogP) is 8.39. The van der Waals surface area contributed by atoms with Gasteiger partial charge < -0.3 is 36.4 Å². The van der Waals surface area contributed by atoms with E-state index in [1.807, 2.05) is 60.3 Å². The molecule has 0 bridgehead atoms. The van der Waals surface area contributed by atoms with E-state index in [-0.39, 0.29) is 66.0 Å². The summed E-state index contributed by atoms with van der Waals surface area (Å²) in [5.74, 6) is 1.13. The Kier molecular flexibility index (Phi) is 23.9. The first-order chi connectivity index (χ1) is 49.4. The Bertz CT molecular complexity index is 4730. The van der Waals surface area contributed by atoms with Crippen molar-refractivity contribution in [3.05, 3.63) is 162 Å². The molecule has 12 aromatic rings. The van der Waals surface area contributed by atoms with Gasteiger partial charge in [0.25, 0.3) is 11.8 Å². The largest absolute Gasteiger partial charge is 0.464 e. The van der Waals surface area contributed by atoms with Crippen LogP contribution in [0.4, 0.5) is 17.5 Å². The molecule has 3 atom stereocenters. The van der Waals surface area contributed by atoms with E-state index in [9.17, 15) is 24.6 Å². The monoisotopic (exact) mass is 1420 g/mol. The highest BCUT2D eigenvalue weighted by molar-refractivity contribution is 6.04. The quantitative estimate of drug-likeness (QED) is 0.0466. The van der Waals surface area contributed by atoms with Crippen molar-refractivity contribution in [1.82, 2.24) is 120 Å². The summed E-state index contributed by atoms with van der Waals surface area (Å²) < 4.78 is 14.9. The molecule has 0 aliphatic carbocycles. The fourth-order valence-electron chi connectivity index (χ4n) is 9.86. The highest BCUT2D eigenvalue weighted by Crippen LogP contribution is 2.30. The summed E-state index contributed by atoms with van der Waals surface area (Å²) in [4.78, 5) is 63.3. The maximum atomic E-state index is 13.0. The van der Waals surface area contributed by atoms with E-state index in [0.29, 0.717) is 57.7 Å². The second-order valence-electron chi connectivity index (χ2n) is 27.3. The zero-order valence-corrected chi connectivity index (χ0v) is 60.8. The van der Waals surface area contributed by atoms with Crippen LogP contribution in [0.1, 0.15) is 149 Å². The van der Waals surface area contributed by atoms with Crippen molar-refractivity contribution < 1.29 is 34.4 Å². The molecule has 0 aliphatic heterocycles. The number of nitrogen functional groups attached to an aromatic ring is 1. The fraction of sp³-hybridized carbons (Fsp3) is 0.357. The highest BCUT2D eigenvalue weighted by Gasteiger charge is 2.24. The number of ether oxygens (including phenoxy) is 1. The van der Waals surface area contributed by atoms with Crippen molar-refractivity contribution in [2.45, 2.75) is 139 Å². The lowest BCUT2D eigenvalue weighted by Crippen LogP contribution is -2.21. The van der Waals surface area contributed by atoms with Crippen molar-refractivity contribution in [1.29, 1.82) is 0 Å². The van der Waals surface area contributed by atoms with Crippen LogP contribution in [0.2, 0.25) is 0 Å². The summed E-state index contributed by atoms with van der Waals surface area (Å²) in [6.07, 6.45) is 16.3. The maximum Gasteiger partial charge on any atom is 0.356 e. The first-order valence-corrected chi connectivity index (χ1v) is 33.0. The van der Waals surface area contributed by atoms with Gasteiger partial charge in [-0.1, -0.05) is 18.2 Å². The number of carbonyl (C=O) groups is 3. The summed E-state index contributed by atoms with van der Waals surface area (Å²) in [7, 11) is 1.35. The number of pyridine rings is 6. The van der Waals surface area contributed by atoms with Gasteiger partial charge in [-0.15, -0.1) is 15.3 Å². The van der Waals surface area contributed by atoms with E-state index in [4.69, 9.17) is 15.6 Å². The van der Waals surface area contributed by atoms with E-state index in [1.165, 1.54) is 21.2 Å². The first kappa shape index (κ1) is 76.0. The summed E-state index contributed by atoms with van der Waals surface area (Å²) in [6.45, 7) is 29.7. The number of hydrogen-bond acceptors (Lipinski definition) is 26. The van der Waals surface area contributed by atoms with Gasteiger partial charge in [0.1, 0.15) is 51.6 Å². The zero-order valence-electron chi connectivity index (χ0n) is 60.8. The number of anilines is 3. The normalized spacial score (nSPS) is 12.3. The molecule has 542 valence electrons. The third-order valence-corrected chi connectivity index (χ3v) is 15.9. The molecule has 7 N–H and O–H groups in total. The molecule has 104 heavy (non-hydrogen) atoms. The summed E-state index contributed by atoms with van der Waals surface area (Å²) in [5.41, 5.74) is 15.9. The van der Waals surface area contributed by atoms with Crippen molar-refractivity contribution in [2.75, 3.05) is 43.3 Å². The number of aliphatic hydroxyl groups is 3. The van der Waals surface area contributed by atoms with Crippen LogP contribution in [-0.4, -0.2) is 180 Å². The SMILES string of the molecule is COC(=O)c1cc(-c2cnn(C(C)(C)C)c2)c(C)cn1.C[C@H](CO)n1nnnc1-c1cccc(N)n1.Cc1cnc(C(=O)Nc2cccc(-c3nnnn3[C@H](C)CO)n2)cc1-c1cnn(C(C)(C)C)c1.Cc1cnc(C(=O)Nc2cccc(-c3nnnn3[C@H](C)CO)n2)cc1-c1cnn(C(C)(C)C)c1. The van der Waals surface area contributed by atoms with Crippen LogP contribution in [0, 0.1) is 20.8 Å². The summed E-state index contributed by atoms with van der Waals surface area (Å²) in [5, 5.41) is 81.3. The molecule has 0 aliphatic rings. The molecular formula is C70H85N27O7. The third-order valence-electron chi connectivity index (χ3n) is 15.9. The Balaban J connectivity index is 0.000000168. The van der Waals surface area contributed by atoms with Gasteiger partial charge in [0.15, 0.2) is 0 Å². The minimum Gasteiger partial charge on any atom is -0.464 e. The minimum atomic E-state index is -0.436. The van der Waals surface area contributed by atoms with Crippen LogP contribution >= 0.6 is 0 Å². The molecule has 0 spiro atoms. The van der Waals surface area contributed by atoms with Gasteiger partial charge in [0.05, 0.1) is 80.3 Å². The lowest BCUT2D eigenvalue weighted by Gasteiger charge is -2.18. The number of tetrazole rings is 3. The molecule has 12 aromatic heterocycles. The molecule has 0 aromatic carbocycles. The van der Waals surface area contributed by atoms with Gasteiger partial charge in [0, 0.05) is 53.9 Å². The molecule has 34 heteroatoms.